The van der Waals surface area contributed by atoms with Crippen LogP contribution < -0.4 is 4.74 Å². The number of halogens is 1. The summed E-state index contributed by atoms with van der Waals surface area (Å²) in [6.45, 7) is -0.251. The Morgan fingerprint density at radius 3 is 2.43 bits per heavy atom. The molecule has 0 saturated carbocycles. The zero-order chi connectivity index (χ0) is 10.6. The van der Waals surface area contributed by atoms with Gasteiger partial charge in [0.25, 0.3) is 10.9 Å². The smallest absolute Gasteiger partial charge is 0.269 e. The molecule has 0 aromatic heterocycles. The molecule has 1 aromatic carbocycles. The van der Waals surface area contributed by atoms with Gasteiger partial charge in [-0.25, -0.2) is 0 Å². The second-order valence-corrected chi connectivity index (χ2v) is 2.82. The number of rotatable bonds is 4. The third-order valence-corrected chi connectivity index (χ3v) is 1.51. The first-order valence-corrected chi connectivity index (χ1v) is 4.03. The summed E-state index contributed by atoms with van der Waals surface area (Å²) >= 11 is 5.04. The van der Waals surface area contributed by atoms with Crippen molar-refractivity contribution >= 4 is 22.5 Å². The highest BCUT2D eigenvalue weighted by Gasteiger charge is 2.04. The van der Waals surface area contributed by atoms with E-state index in [1.165, 1.54) is 24.3 Å². The van der Waals surface area contributed by atoms with Gasteiger partial charge in [-0.3, -0.25) is 14.9 Å². The zero-order valence-corrected chi connectivity index (χ0v) is 7.73. The number of carbonyl (C=O) groups is 1. The number of nitrogens with zero attached hydrogens (tertiary/aromatic N) is 1. The number of nitro groups is 1. The molecule has 0 saturated heterocycles. The van der Waals surface area contributed by atoms with E-state index in [1.54, 1.807) is 0 Å². The number of non-ortho nitro benzene ring substituents is 1. The Kier molecular flexibility index (Phi) is 3.41. The van der Waals surface area contributed by atoms with Crippen LogP contribution in [0.1, 0.15) is 0 Å². The van der Waals surface area contributed by atoms with E-state index in [4.69, 9.17) is 16.3 Å². The van der Waals surface area contributed by atoms with Gasteiger partial charge in [-0.2, -0.15) is 0 Å². The molecule has 0 aliphatic rings. The lowest BCUT2D eigenvalue weighted by Gasteiger charge is -2.01. The molecule has 0 bridgehead atoms. The van der Waals surface area contributed by atoms with Crippen LogP contribution in [0.25, 0.3) is 0 Å². The quantitative estimate of drug-likeness (QED) is 0.436. The molecule has 0 aliphatic heterocycles. The van der Waals surface area contributed by atoms with E-state index in [1.807, 2.05) is 0 Å². The predicted octanol–water partition coefficient (Wildman–Crippen LogP) is 1.74. The lowest BCUT2D eigenvalue weighted by molar-refractivity contribution is -0.384. The average Bonchev–Trinajstić information content (AvgIpc) is 2.15. The van der Waals surface area contributed by atoms with Crippen LogP contribution in [0, 0.1) is 10.1 Å². The summed E-state index contributed by atoms with van der Waals surface area (Å²) in [6, 6.07) is 5.37. The molecule has 0 aliphatic carbocycles. The zero-order valence-electron chi connectivity index (χ0n) is 6.97. The number of ether oxygens (including phenoxy) is 1. The molecule has 0 unspecified atom stereocenters. The van der Waals surface area contributed by atoms with Gasteiger partial charge in [0.05, 0.1) is 4.92 Å². The van der Waals surface area contributed by atoms with Gasteiger partial charge in [-0.05, 0) is 23.7 Å². The van der Waals surface area contributed by atoms with Crippen LogP contribution in [-0.4, -0.2) is 16.8 Å². The van der Waals surface area contributed by atoms with Gasteiger partial charge in [0, 0.05) is 12.1 Å². The molecular formula is C8H6ClNO4. The standard InChI is InChI=1S/C8H6ClNO4/c9-8(11)5-14-7-3-1-6(2-4-7)10(12)13/h1-4H,5H2. The van der Waals surface area contributed by atoms with Crippen molar-refractivity contribution in [3.05, 3.63) is 34.4 Å². The van der Waals surface area contributed by atoms with Crippen molar-refractivity contribution in [1.82, 2.24) is 0 Å². The van der Waals surface area contributed by atoms with Crippen molar-refractivity contribution in [2.45, 2.75) is 0 Å². The largest absolute Gasteiger partial charge is 0.484 e. The lowest BCUT2D eigenvalue weighted by Crippen LogP contribution is -2.04. The minimum atomic E-state index is -0.622. The first-order valence-electron chi connectivity index (χ1n) is 3.65. The van der Waals surface area contributed by atoms with E-state index in [-0.39, 0.29) is 12.3 Å². The monoisotopic (exact) mass is 215 g/mol. The topological polar surface area (TPSA) is 69.4 Å². The predicted molar refractivity (Wildman–Crippen MR) is 49.5 cm³/mol. The van der Waals surface area contributed by atoms with Gasteiger partial charge in [0.1, 0.15) is 5.75 Å². The highest BCUT2D eigenvalue weighted by molar-refractivity contribution is 6.63. The van der Waals surface area contributed by atoms with E-state index < -0.39 is 10.2 Å². The molecule has 0 spiro atoms. The number of nitro benzene ring substituents is 1. The van der Waals surface area contributed by atoms with Crippen LogP contribution >= 0.6 is 11.6 Å². The summed E-state index contributed by atoms with van der Waals surface area (Å²) in [5, 5.41) is 9.65. The molecule has 5 nitrogen and oxygen atoms in total. The molecule has 0 amide bonds. The Hall–Kier alpha value is -1.62. The summed E-state index contributed by atoms with van der Waals surface area (Å²) in [7, 11) is 0. The molecular weight excluding hydrogens is 210 g/mol. The second kappa shape index (κ2) is 4.57. The van der Waals surface area contributed by atoms with E-state index in [9.17, 15) is 14.9 Å². The van der Waals surface area contributed by atoms with Crippen molar-refractivity contribution in [3.63, 3.8) is 0 Å². The Balaban J connectivity index is 2.64. The Bertz CT molecular complexity index is 349. The number of hydrogen-bond acceptors (Lipinski definition) is 4. The van der Waals surface area contributed by atoms with Crippen molar-refractivity contribution in [2.24, 2.45) is 0 Å². The third kappa shape index (κ3) is 3.02. The minimum absolute atomic E-state index is 0.0328. The normalized spacial score (nSPS) is 9.50. The van der Waals surface area contributed by atoms with Gasteiger partial charge >= 0.3 is 0 Å². The summed E-state index contributed by atoms with van der Waals surface area (Å²) in [5.41, 5.74) is -0.0328. The van der Waals surface area contributed by atoms with Crippen LogP contribution in [0.15, 0.2) is 24.3 Å². The van der Waals surface area contributed by atoms with E-state index in [0.29, 0.717) is 5.75 Å². The van der Waals surface area contributed by atoms with Gasteiger partial charge < -0.3 is 4.74 Å². The first-order chi connectivity index (χ1) is 6.59. The van der Waals surface area contributed by atoms with Crippen LogP contribution in [0.2, 0.25) is 0 Å². The van der Waals surface area contributed by atoms with E-state index in [2.05, 4.69) is 0 Å². The molecule has 1 aromatic rings. The van der Waals surface area contributed by atoms with Gasteiger partial charge in [-0.1, -0.05) is 0 Å². The fourth-order valence-corrected chi connectivity index (χ4v) is 0.859. The first kappa shape index (κ1) is 10.5. The van der Waals surface area contributed by atoms with Crippen LogP contribution in [0.5, 0.6) is 5.75 Å². The van der Waals surface area contributed by atoms with Crippen molar-refractivity contribution in [3.8, 4) is 5.75 Å². The molecule has 6 heteroatoms. The highest BCUT2D eigenvalue weighted by atomic mass is 35.5. The summed E-state index contributed by atoms with van der Waals surface area (Å²) < 4.78 is 4.90. The van der Waals surface area contributed by atoms with Crippen LogP contribution in [0.3, 0.4) is 0 Å². The maximum absolute atomic E-state index is 10.3. The fourth-order valence-electron chi connectivity index (χ4n) is 0.804. The summed E-state index contributed by atoms with van der Waals surface area (Å²) in [4.78, 5) is 20.1. The molecule has 0 heterocycles. The molecule has 0 atom stereocenters. The molecule has 0 N–H and O–H groups in total. The van der Waals surface area contributed by atoms with Crippen LogP contribution in [0.4, 0.5) is 5.69 Å². The minimum Gasteiger partial charge on any atom is -0.484 e. The van der Waals surface area contributed by atoms with Crippen molar-refractivity contribution < 1.29 is 14.5 Å². The van der Waals surface area contributed by atoms with E-state index in [0.717, 1.165) is 0 Å². The maximum Gasteiger partial charge on any atom is 0.269 e. The Morgan fingerprint density at radius 1 is 1.43 bits per heavy atom. The fraction of sp³-hybridized carbons (Fsp3) is 0.125. The molecule has 14 heavy (non-hydrogen) atoms. The highest BCUT2D eigenvalue weighted by Crippen LogP contribution is 2.17. The Labute approximate surface area is 84.4 Å². The number of carbonyl (C=O) groups excluding carboxylic acids is 1. The average molecular weight is 216 g/mol. The van der Waals surface area contributed by atoms with Gasteiger partial charge in [0.15, 0.2) is 6.61 Å². The summed E-state index contributed by atoms with van der Waals surface area (Å²) in [5.74, 6) is 0.365. The molecule has 0 fully saturated rings. The summed E-state index contributed by atoms with van der Waals surface area (Å²) in [6.07, 6.45) is 0. The third-order valence-electron chi connectivity index (χ3n) is 1.40. The van der Waals surface area contributed by atoms with Crippen LogP contribution in [-0.2, 0) is 4.79 Å². The second-order valence-electron chi connectivity index (χ2n) is 2.39. The molecule has 1 rings (SSSR count). The number of hydrogen-bond donors (Lipinski definition) is 0. The van der Waals surface area contributed by atoms with E-state index >= 15 is 0 Å². The number of benzene rings is 1. The van der Waals surface area contributed by atoms with Crippen molar-refractivity contribution in [2.75, 3.05) is 6.61 Å². The van der Waals surface area contributed by atoms with Gasteiger partial charge in [0.2, 0.25) is 0 Å². The van der Waals surface area contributed by atoms with Crippen molar-refractivity contribution in [1.29, 1.82) is 0 Å². The Morgan fingerprint density at radius 2 is 2.00 bits per heavy atom. The SMILES string of the molecule is O=C(Cl)COc1ccc([N+](=O)[O-])cc1. The maximum atomic E-state index is 10.3. The lowest BCUT2D eigenvalue weighted by atomic mass is 10.3. The molecule has 0 radical (unpaired) electrons. The molecule has 74 valence electrons. The van der Waals surface area contributed by atoms with Gasteiger partial charge in [-0.15, -0.1) is 0 Å².